The molecule has 2 aromatic carbocycles. The Bertz CT molecular complexity index is 828. The number of benzene rings is 2. The van der Waals surface area contributed by atoms with Crippen molar-refractivity contribution in [3.63, 3.8) is 0 Å². The second-order valence-corrected chi connectivity index (χ2v) is 7.51. The fourth-order valence-corrected chi connectivity index (χ4v) is 4.21. The zero-order valence-corrected chi connectivity index (χ0v) is 15.8. The summed E-state index contributed by atoms with van der Waals surface area (Å²) in [6.45, 7) is 0.617. The number of fused-ring (bicyclic) bond motifs is 1. The van der Waals surface area contributed by atoms with E-state index in [1.54, 1.807) is 7.11 Å². The Kier molecular flexibility index (Phi) is 4.77. The smallest absolute Gasteiger partial charge is 0.144 e. The molecule has 26 heavy (non-hydrogen) atoms. The van der Waals surface area contributed by atoms with Gasteiger partial charge >= 0.3 is 0 Å². The molecule has 0 radical (unpaired) electrons. The Hall–Kier alpha value is -2.20. The van der Waals surface area contributed by atoms with Gasteiger partial charge < -0.3 is 15.4 Å². The van der Waals surface area contributed by atoms with Crippen LogP contribution in [0.4, 0.5) is 11.4 Å². The molecule has 4 nitrogen and oxygen atoms in total. The van der Waals surface area contributed by atoms with Gasteiger partial charge in [-0.2, -0.15) is 0 Å². The molecule has 0 amide bonds. The maximum Gasteiger partial charge on any atom is 0.144 e. The molecule has 1 fully saturated rings. The molecule has 1 aliphatic carbocycles. The van der Waals surface area contributed by atoms with Gasteiger partial charge in [0.25, 0.3) is 0 Å². The summed E-state index contributed by atoms with van der Waals surface area (Å²) in [5.74, 6) is 1.90. The van der Waals surface area contributed by atoms with Crippen LogP contribution in [0.5, 0.6) is 5.75 Å². The van der Waals surface area contributed by atoms with Crippen molar-refractivity contribution in [3.05, 3.63) is 53.1 Å². The van der Waals surface area contributed by atoms with E-state index in [0.717, 1.165) is 46.4 Å². The average Bonchev–Trinajstić information content (AvgIpc) is 2.67. The summed E-state index contributed by atoms with van der Waals surface area (Å²) in [4.78, 5) is 4.97. The number of amidine groups is 1. The summed E-state index contributed by atoms with van der Waals surface area (Å²) in [6.07, 6.45) is 5.84. The van der Waals surface area contributed by atoms with Gasteiger partial charge in [0.2, 0.25) is 0 Å². The number of methoxy groups -OCH3 is 1. The van der Waals surface area contributed by atoms with Crippen LogP contribution in [-0.2, 0) is 6.54 Å². The molecule has 2 aliphatic rings. The monoisotopic (exact) mass is 369 g/mol. The number of anilines is 2. The van der Waals surface area contributed by atoms with Crippen molar-refractivity contribution < 1.29 is 4.74 Å². The van der Waals surface area contributed by atoms with E-state index in [2.05, 4.69) is 22.8 Å². The van der Waals surface area contributed by atoms with Gasteiger partial charge in [-0.1, -0.05) is 49.1 Å². The van der Waals surface area contributed by atoms with E-state index in [0.29, 0.717) is 6.54 Å². The first-order chi connectivity index (χ1) is 12.7. The fraction of sp³-hybridized carbons (Fsp3) is 0.381. The molecule has 0 atom stereocenters. The zero-order valence-electron chi connectivity index (χ0n) is 15.0. The predicted molar refractivity (Wildman–Crippen MR) is 109 cm³/mol. The molecular formula is C21H24ClN3O. The molecule has 0 unspecified atom stereocenters. The molecule has 2 N–H and O–H groups in total. The second-order valence-electron chi connectivity index (χ2n) is 7.07. The molecule has 2 aromatic rings. The lowest BCUT2D eigenvalue weighted by atomic mass is 9.79. The Labute approximate surface area is 159 Å². The average molecular weight is 370 g/mol. The van der Waals surface area contributed by atoms with Crippen LogP contribution in [0, 0.1) is 0 Å². The van der Waals surface area contributed by atoms with E-state index >= 15 is 0 Å². The second kappa shape index (κ2) is 7.20. The van der Waals surface area contributed by atoms with Crippen LogP contribution >= 0.6 is 11.6 Å². The van der Waals surface area contributed by atoms with Crippen LogP contribution in [0.25, 0.3) is 0 Å². The van der Waals surface area contributed by atoms with E-state index < -0.39 is 0 Å². The lowest BCUT2D eigenvalue weighted by molar-refractivity contribution is 0.392. The molecule has 0 saturated heterocycles. The highest BCUT2D eigenvalue weighted by Crippen LogP contribution is 2.43. The molecule has 1 spiro atoms. The van der Waals surface area contributed by atoms with Crippen molar-refractivity contribution in [2.75, 3.05) is 17.7 Å². The minimum atomic E-state index is -0.140. The Morgan fingerprint density at radius 3 is 2.69 bits per heavy atom. The van der Waals surface area contributed by atoms with Crippen molar-refractivity contribution >= 4 is 28.8 Å². The molecule has 136 valence electrons. The lowest BCUT2D eigenvalue weighted by Crippen LogP contribution is -2.53. The summed E-state index contributed by atoms with van der Waals surface area (Å²) in [5.41, 5.74) is 3.04. The number of para-hydroxylation sites is 1. The van der Waals surface area contributed by atoms with E-state index in [9.17, 15) is 0 Å². The van der Waals surface area contributed by atoms with Crippen LogP contribution in [0.2, 0.25) is 5.02 Å². The highest BCUT2D eigenvalue weighted by Gasteiger charge is 2.41. The van der Waals surface area contributed by atoms with Crippen LogP contribution in [0.3, 0.4) is 0 Å². The third-order valence-electron chi connectivity index (χ3n) is 5.33. The van der Waals surface area contributed by atoms with E-state index in [-0.39, 0.29) is 5.54 Å². The third kappa shape index (κ3) is 3.26. The summed E-state index contributed by atoms with van der Waals surface area (Å²) in [5, 5.41) is 8.13. The summed E-state index contributed by atoms with van der Waals surface area (Å²) in [7, 11) is 1.72. The Morgan fingerprint density at radius 2 is 1.92 bits per heavy atom. The summed E-state index contributed by atoms with van der Waals surface area (Å²) < 4.78 is 5.57. The van der Waals surface area contributed by atoms with Crippen molar-refractivity contribution in [1.29, 1.82) is 0 Å². The van der Waals surface area contributed by atoms with Gasteiger partial charge in [0, 0.05) is 5.02 Å². The molecule has 1 aliphatic heterocycles. The van der Waals surface area contributed by atoms with Crippen molar-refractivity contribution in [2.45, 2.75) is 44.2 Å². The topological polar surface area (TPSA) is 45.6 Å². The van der Waals surface area contributed by atoms with Gasteiger partial charge in [-0.3, -0.25) is 4.99 Å². The minimum absolute atomic E-state index is 0.140. The number of nitrogens with one attached hydrogen (secondary N) is 2. The first kappa shape index (κ1) is 17.2. The van der Waals surface area contributed by atoms with Gasteiger partial charge in [0.1, 0.15) is 17.3 Å². The Morgan fingerprint density at radius 1 is 1.12 bits per heavy atom. The van der Waals surface area contributed by atoms with Gasteiger partial charge in [-0.15, -0.1) is 0 Å². The maximum atomic E-state index is 6.12. The van der Waals surface area contributed by atoms with Gasteiger partial charge in [0.15, 0.2) is 0 Å². The summed E-state index contributed by atoms with van der Waals surface area (Å²) in [6, 6.07) is 14.0. The third-order valence-corrected chi connectivity index (χ3v) is 5.57. The number of hydrogen-bond donors (Lipinski definition) is 2. The fourth-order valence-electron chi connectivity index (χ4n) is 3.99. The van der Waals surface area contributed by atoms with Crippen LogP contribution < -0.4 is 15.4 Å². The number of nitrogens with zero attached hydrogens (tertiary/aromatic N) is 1. The SMILES string of the molecule is COc1cccc2c1NC1(CCCCC1)C(=NCc1cccc(Cl)c1)N2. The first-order valence-corrected chi connectivity index (χ1v) is 9.60. The van der Waals surface area contributed by atoms with Gasteiger partial charge in [-0.25, -0.2) is 0 Å². The number of rotatable bonds is 3. The van der Waals surface area contributed by atoms with Crippen LogP contribution in [0.1, 0.15) is 37.7 Å². The van der Waals surface area contributed by atoms with E-state index in [1.807, 2.05) is 30.3 Å². The largest absolute Gasteiger partial charge is 0.495 e. The minimum Gasteiger partial charge on any atom is -0.495 e. The van der Waals surface area contributed by atoms with E-state index in [1.165, 1.54) is 19.3 Å². The van der Waals surface area contributed by atoms with Crippen molar-refractivity contribution in [1.82, 2.24) is 0 Å². The zero-order chi connectivity index (χ0) is 18.0. The van der Waals surface area contributed by atoms with Crippen molar-refractivity contribution in [3.8, 4) is 5.75 Å². The van der Waals surface area contributed by atoms with Crippen LogP contribution in [0.15, 0.2) is 47.5 Å². The highest BCUT2D eigenvalue weighted by molar-refractivity contribution is 6.30. The standard InChI is InChI=1S/C21H24ClN3O/c1-26-18-10-6-9-17-19(18)25-21(11-3-2-4-12-21)20(24-17)23-14-15-7-5-8-16(22)13-15/h5-10,13,25H,2-4,11-12,14H2,1H3,(H,23,24). The van der Waals surface area contributed by atoms with Gasteiger partial charge in [0.05, 0.1) is 24.9 Å². The van der Waals surface area contributed by atoms with E-state index in [4.69, 9.17) is 21.3 Å². The molecule has 4 rings (SSSR count). The van der Waals surface area contributed by atoms with Crippen LogP contribution in [-0.4, -0.2) is 18.5 Å². The first-order valence-electron chi connectivity index (χ1n) is 9.22. The molecular weight excluding hydrogens is 346 g/mol. The predicted octanol–water partition coefficient (Wildman–Crippen LogP) is 5.49. The number of aliphatic imine (C=N–C) groups is 1. The number of hydrogen-bond acceptors (Lipinski definition) is 3. The normalized spacial score (nSPS) is 19.5. The van der Waals surface area contributed by atoms with Crippen molar-refractivity contribution in [2.24, 2.45) is 4.99 Å². The Balaban J connectivity index is 1.70. The highest BCUT2D eigenvalue weighted by atomic mass is 35.5. The summed E-state index contributed by atoms with van der Waals surface area (Å²) >= 11 is 6.12. The molecule has 0 aromatic heterocycles. The van der Waals surface area contributed by atoms with Gasteiger partial charge in [-0.05, 0) is 42.7 Å². The molecule has 5 heteroatoms. The molecule has 1 saturated carbocycles. The number of ether oxygens (including phenoxy) is 1. The quantitative estimate of drug-likeness (QED) is 0.752. The number of halogens is 1. The maximum absolute atomic E-state index is 6.12. The lowest BCUT2D eigenvalue weighted by Gasteiger charge is -2.44. The molecule has 0 bridgehead atoms. The molecule has 1 heterocycles.